The third-order valence-electron chi connectivity index (χ3n) is 4.33. The molecule has 1 amide bonds. The highest BCUT2D eigenvalue weighted by atomic mass is 79.9. The molecule has 0 bridgehead atoms. The van der Waals surface area contributed by atoms with Crippen LogP contribution >= 0.6 is 15.9 Å². The average Bonchev–Trinajstić information content (AvgIpc) is 2.68. The number of hydrogen-bond donors (Lipinski definition) is 1. The molecule has 3 rings (SSSR count). The molecule has 1 aliphatic rings. The maximum absolute atomic E-state index is 13.8. The van der Waals surface area contributed by atoms with E-state index in [2.05, 4.69) is 26.1 Å². The molecular formula is C20H22BrFN2O3. The Bertz CT molecular complexity index is 754. The zero-order chi connectivity index (χ0) is 19.1. The lowest BCUT2D eigenvalue weighted by atomic mass is 10.1. The van der Waals surface area contributed by atoms with Crippen molar-refractivity contribution in [3.05, 3.63) is 64.4 Å². The highest BCUT2D eigenvalue weighted by Gasteiger charge is 2.20. The zero-order valence-electron chi connectivity index (χ0n) is 14.9. The lowest BCUT2D eigenvalue weighted by Crippen LogP contribution is -2.44. The predicted molar refractivity (Wildman–Crippen MR) is 104 cm³/mol. The van der Waals surface area contributed by atoms with E-state index in [9.17, 15) is 9.18 Å². The summed E-state index contributed by atoms with van der Waals surface area (Å²) in [5.74, 6) is -0.748. The monoisotopic (exact) mass is 436 g/mol. The molecule has 7 heteroatoms. The Morgan fingerprint density at radius 1 is 1.22 bits per heavy atom. The molecular weight excluding hydrogens is 415 g/mol. The number of carbonyl (C=O) groups is 1. The lowest BCUT2D eigenvalue weighted by molar-refractivity contribution is -0.124. The molecule has 144 valence electrons. The third-order valence-corrected chi connectivity index (χ3v) is 4.83. The van der Waals surface area contributed by atoms with E-state index in [4.69, 9.17) is 9.47 Å². The highest BCUT2D eigenvalue weighted by Crippen LogP contribution is 2.21. The van der Waals surface area contributed by atoms with Gasteiger partial charge in [-0.3, -0.25) is 9.69 Å². The molecule has 2 aromatic rings. The van der Waals surface area contributed by atoms with Crippen molar-refractivity contribution in [2.75, 3.05) is 39.5 Å². The van der Waals surface area contributed by atoms with Crippen molar-refractivity contribution >= 4 is 21.8 Å². The molecule has 0 spiro atoms. The molecule has 0 unspecified atom stereocenters. The molecule has 0 saturated carbocycles. The molecule has 1 aliphatic heterocycles. The Hall–Kier alpha value is -1.96. The smallest absolute Gasteiger partial charge is 0.258 e. The second-order valence-electron chi connectivity index (χ2n) is 6.31. The summed E-state index contributed by atoms with van der Waals surface area (Å²) in [6.07, 6.45) is 0. The largest absolute Gasteiger partial charge is 0.481 e. The van der Waals surface area contributed by atoms with Gasteiger partial charge in [0.05, 0.1) is 19.3 Å². The van der Waals surface area contributed by atoms with Crippen LogP contribution in [0.4, 0.5) is 4.39 Å². The van der Waals surface area contributed by atoms with Crippen LogP contribution in [0.3, 0.4) is 0 Å². The number of hydrogen-bond acceptors (Lipinski definition) is 4. The fraction of sp³-hybridized carbons (Fsp3) is 0.350. The summed E-state index contributed by atoms with van der Waals surface area (Å²) in [5, 5.41) is 3.00. The summed E-state index contributed by atoms with van der Waals surface area (Å²) in [6, 6.07) is 14.1. The first kappa shape index (κ1) is 19.8. The highest BCUT2D eigenvalue weighted by molar-refractivity contribution is 9.10. The van der Waals surface area contributed by atoms with Gasteiger partial charge in [0.25, 0.3) is 5.91 Å². The van der Waals surface area contributed by atoms with Gasteiger partial charge in [0.2, 0.25) is 0 Å². The van der Waals surface area contributed by atoms with Crippen LogP contribution in [0.25, 0.3) is 0 Å². The number of nitrogens with zero attached hydrogens (tertiary/aromatic N) is 1. The van der Waals surface area contributed by atoms with Gasteiger partial charge < -0.3 is 14.8 Å². The zero-order valence-corrected chi connectivity index (χ0v) is 16.5. The van der Waals surface area contributed by atoms with Crippen molar-refractivity contribution in [1.82, 2.24) is 10.2 Å². The van der Waals surface area contributed by atoms with Crippen LogP contribution in [0.1, 0.15) is 11.6 Å². The van der Waals surface area contributed by atoms with Crippen molar-refractivity contribution in [3.63, 3.8) is 0 Å². The van der Waals surface area contributed by atoms with Gasteiger partial charge in [0.1, 0.15) is 0 Å². The van der Waals surface area contributed by atoms with Gasteiger partial charge in [-0.25, -0.2) is 4.39 Å². The van der Waals surface area contributed by atoms with E-state index in [-0.39, 0.29) is 24.3 Å². The van der Waals surface area contributed by atoms with E-state index in [1.165, 1.54) is 12.1 Å². The minimum atomic E-state index is -0.509. The molecule has 1 saturated heterocycles. The molecule has 5 nitrogen and oxygen atoms in total. The first-order chi connectivity index (χ1) is 13.1. The van der Waals surface area contributed by atoms with Crippen molar-refractivity contribution in [3.8, 4) is 5.75 Å². The van der Waals surface area contributed by atoms with Crippen LogP contribution in [0.15, 0.2) is 53.0 Å². The number of benzene rings is 2. The Morgan fingerprint density at radius 3 is 2.67 bits per heavy atom. The second kappa shape index (κ2) is 9.82. The Morgan fingerprint density at radius 2 is 1.96 bits per heavy atom. The van der Waals surface area contributed by atoms with Crippen molar-refractivity contribution in [2.45, 2.75) is 6.04 Å². The van der Waals surface area contributed by atoms with Crippen molar-refractivity contribution < 1.29 is 18.7 Å². The SMILES string of the molecule is O=C(COc1ccc(Br)cc1F)N[C@H](CN1CCOCC1)c1ccccc1. The van der Waals surface area contributed by atoms with Gasteiger partial charge >= 0.3 is 0 Å². The quantitative estimate of drug-likeness (QED) is 0.723. The van der Waals surface area contributed by atoms with Crippen LogP contribution in [0, 0.1) is 5.82 Å². The first-order valence-electron chi connectivity index (χ1n) is 8.84. The molecule has 1 fully saturated rings. The van der Waals surface area contributed by atoms with Crippen LogP contribution in [0.5, 0.6) is 5.75 Å². The normalized spacial score (nSPS) is 15.9. The van der Waals surface area contributed by atoms with Gasteiger partial charge in [0.15, 0.2) is 18.2 Å². The number of amides is 1. The van der Waals surface area contributed by atoms with E-state index >= 15 is 0 Å². The van der Waals surface area contributed by atoms with Crippen LogP contribution < -0.4 is 10.1 Å². The first-order valence-corrected chi connectivity index (χ1v) is 9.63. The third kappa shape index (κ3) is 6.02. The second-order valence-corrected chi connectivity index (χ2v) is 7.22. The van der Waals surface area contributed by atoms with E-state index in [1.54, 1.807) is 6.07 Å². The van der Waals surface area contributed by atoms with Gasteiger partial charge in [-0.2, -0.15) is 0 Å². The van der Waals surface area contributed by atoms with Crippen LogP contribution in [-0.4, -0.2) is 50.3 Å². The summed E-state index contributed by atoms with van der Waals surface area (Å²) >= 11 is 3.19. The van der Waals surface area contributed by atoms with Gasteiger partial charge in [-0.05, 0) is 23.8 Å². The summed E-state index contributed by atoms with van der Waals surface area (Å²) in [5.41, 5.74) is 1.02. The van der Waals surface area contributed by atoms with Crippen LogP contribution in [0.2, 0.25) is 0 Å². The minimum absolute atomic E-state index is 0.0535. The summed E-state index contributed by atoms with van der Waals surface area (Å²) in [4.78, 5) is 14.7. The number of nitrogens with one attached hydrogen (secondary N) is 1. The van der Waals surface area contributed by atoms with E-state index in [0.29, 0.717) is 24.2 Å². The van der Waals surface area contributed by atoms with Gasteiger partial charge in [0, 0.05) is 24.1 Å². The van der Waals surface area contributed by atoms with E-state index in [0.717, 1.165) is 18.7 Å². The maximum Gasteiger partial charge on any atom is 0.258 e. The van der Waals surface area contributed by atoms with Gasteiger partial charge in [-0.15, -0.1) is 0 Å². The number of ether oxygens (including phenoxy) is 2. The molecule has 1 N–H and O–H groups in total. The molecule has 0 radical (unpaired) electrons. The fourth-order valence-corrected chi connectivity index (χ4v) is 3.27. The summed E-state index contributed by atoms with van der Waals surface area (Å²) < 4.78 is 25.2. The van der Waals surface area contributed by atoms with E-state index < -0.39 is 5.82 Å². The Balaban J connectivity index is 1.61. The summed E-state index contributed by atoms with van der Waals surface area (Å²) in [7, 11) is 0. The molecule has 1 heterocycles. The lowest BCUT2D eigenvalue weighted by Gasteiger charge is -2.31. The topological polar surface area (TPSA) is 50.8 Å². The number of halogens is 2. The van der Waals surface area contributed by atoms with Crippen molar-refractivity contribution in [2.24, 2.45) is 0 Å². The fourth-order valence-electron chi connectivity index (χ4n) is 2.93. The van der Waals surface area contributed by atoms with E-state index in [1.807, 2.05) is 30.3 Å². The van der Waals surface area contributed by atoms with Gasteiger partial charge in [-0.1, -0.05) is 46.3 Å². The molecule has 1 atom stereocenters. The minimum Gasteiger partial charge on any atom is -0.481 e. The Kier molecular flexibility index (Phi) is 7.20. The maximum atomic E-state index is 13.8. The van der Waals surface area contributed by atoms with Crippen LogP contribution in [-0.2, 0) is 9.53 Å². The molecule has 2 aromatic carbocycles. The standard InChI is InChI=1S/C20H22BrFN2O3/c21-16-6-7-19(17(22)12-16)27-14-20(25)23-18(15-4-2-1-3-5-15)13-24-8-10-26-11-9-24/h1-7,12,18H,8-11,13-14H2,(H,23,25)/t18-/m1/s1. The molecule has 0 aromatic heterocycles. The molecule has 27 heavy (non-hydrogen) atoms. The summed E-state index contributed by atoms with van der Waals surface area (Å²) in [6.45, 7) is 3.50. The molecule has 0 aliphatic carbocycles. The Labute approximate surface area is 166 Å². The number of rotatable bonds is 7. The number of carbonyl (C=O) groups excluding carboxylic acids is 1. The van der Waals surface area contributed by atoms with Crippen molar-refractivity contribution in [1.29, 1.82) is 0 Å². The average molecular weight is 437 g/mol. The number of morpholine rings is 1. The predicted octanol–water partition coefficient (Wildman–Crippen LogP) is 3.16.